The first-order valence-electron chi connectivity index (χ1n) is 6.38. The molecule has 0 aromatic rings. The third-order valence-electron chi connectivity index (χ3n) is 3.96. The first-order chi connectivity index (χ1) is 8.04. The summed E-state index contributed by atoms with van der Waals surface area (Å²) in [5, 5.41) is 28.5. The summed E-state index contributed by atoms with van der Waals surface area (Å²) in [5.74, 6) is 0. The lowest BCUT2D eigenvalue weighted by atomic mass is 10.0. The third-order valence-corrected chi connectivity index (χ3v) is 8.46. The van der Waals surface area contributed by atoms with Crippen LogP contribution in [0, 0.1) is 0 Å². The topological polar surface area (TPSA) is 79.2 Å². The molecule has 0 amide bonds. The van der Waals surface area contributed by atoms with E-state index in [1.54, 1.807) is 0 Å². The number of rotatable bonds is 3. The van der Waals surface area contributed by atoms with Gasteiger partial charge in [-0.25, -0.2) is 0 Å². The Hall–Kier alpha value is 0.0169. The first-order valence-corrected chi connectivity index (χ1v) is 9.29. The lowest BCUT2D eigenvalue weighted by Crippen LogP contribution is -2.51. The van der Waals surface area contributed by atoms with Crippen molar-refractivity contribution in [2.45, 2.75) is 69.9 Å². The molecule has 1 aliphatic rings. The molecule has 5 nitrogen and oxygen atoms in total. The van der Waals surface area contributed by atoms with Crippen LogP contribution in [0.3, 0.4) is 0 Å². The van der Waals surface area contributed by atoms with E-state index in [2.05, 4.69) is 33.9 Å². The average Bonchev–Trinajstić information content (AvgIpc) is 2.21. The van der Waals surface area contributed by atoms with Gasteiger partial charge in [0.25, 0.3) is 0 Å². The van der Waals surface area contributed by atoms with E-state index in [9.17, 15) is 15.3 Å². The summed E-state index contributed by atoms with van der Waals surface area (Å²) in [6.07, 6.45) is -3.60. The lowest BCUT2D eigenvalue weighted by Gasteiger charge is -2.39. The van der Waals surface area contributed by atoms with Gasteiger partial charge in [0.1, 0.15) is 6.10 Å². The second kappa shape index (κ2) is 5.56. The summed E-state index contributed by atoms with van der Waals surface area (Å²) < 4.78 is 11.2. The highest BCUT2D eigenvalue weighted by atomic mass is 28.4. The SMILES string of the molecule is CC(C)(C)[Si](C)(C)OC[C@@H]1C[C@@H](O)[C@@H](O)[C@H](O)O1. The fourth-order valence-corrected chi connectivity index (χ4v) is 2.59. The third kappa shape index (κ3) is 3.75. The number of hydrogen-bond donors (Lipinski definition) is 3. The molecule has 1 fully saturated rings. The predicted octanol–water partition coefficient (Wildman–Crippen LogP) is 0.837. The van der Waals surface area contributed by atoms with Gasteiger partial charge >= 0.3 is 0 Å². The Morgan fingerprint density at radius 1 is 1.22 bits per heavy atom. The highest BCUT2D eigenvalue weighted by molar-refractivity contribution is 6.74. The van der Waals surface area contributed by atoms with Crippen molar-refractivity contribution in [2.75, 3.05) is 6.61 Å². The van der Waals surface area contributed by atoms with Gasteiger partial charge in [-0.2, -0.15) is 0 Å². The normalized spacial score (nSPS) is 34.7. The van der Waals surface area contributed by atoms with E-state index in [0.29, 0.717) is 6.61 Å². The Morgan fingerprint density at radius 2 is 1.78 bits per heavy atom. The number of hydrogen-bond acceptors (Lipinski definition) is 5. The highest BCUT2D eigenvalue weighted by Gasteiger charge is 2.40. The Balaban J connectivity index is 2.50. The van der Waals surface area contributed by atoms with Crippen molar-refractivity contribution in [3.63, 3.8) is 0 Å². The Labute approximate surface area is 110 Å². The smallest absolute Gasteiger partial charge is 0.192 e. The van der Waals surface area contributed by atoms with E-state index in [-0.39, 0.29) is 17.6 Å². The zero-order valence-corrected chi connectivity index (χ0v) is 12.9. The van der Waals surface area contributed by atoms with Crippen LogP contribution in [-0.2, 0) is 9.16 Å². The summed E-state index contributed by atoms with van der Waals surface area (Å²) >= 11 is 0. The molecule has 1 rings (SSSR count). The van der Waals surface area contributed by atoms with Crippen molar-refractivity contribution in [3.8, 4) is 0 Å². The maximum atomic E-state index is 9.57. The number of aliphatic hydroxyl groups is 3. The van der Waals surface area contributed by atoms with Crippen molar-refractivity contribution >= 4 is 8.32 Å². The number of ether oxygens (including phenoxy) is 1. The molecule has 0 saturated carbocycles. The molecule has 0 aromatic heterocycles. The molecule has 0 aliphatic carbocycles. The minimum Gasteiger partial charge on any atom is -0.414 e. The van der Waals surface area contributed by atoms with Crippen LogP contribution in [0.15, 0.2) is 0 Å². The molecular formula is C12H26O5Si. The van der Waals surface area contributed by atoms with Crippen LogP contribution in [0.5, 0.6) is 0 Å². The molecule has 1 heterocycles. The Kier molecular flexibility index (Phi) is 4.97. The van der Waals surface area contributed by atoms with Crippen molar-refractivity contribution in [3.05, 3.63) is 0 Å². The molecule has 18 heavy (non-hydrogen) atoms. The lowest BCUT2D eigenvalue weighted by molar-refractivity contribution is -0.251. The minimum absolute atomic E-state index is 0.110. The van der Waals surface area contributed by atoms with Gasteiger partial charge in [0.2, 0.25) is 0 Å². The van der Waals surface area contributed by atoms with Gasteiger partial charge in [-0.3, -0.25) is 0 Å². The van der Waals surface area contributed by atoms with Crippen LogP contribution < -0.4 is 0 Å². The Morgan fingerprint density at radius 3 is 2.22 bits per heavy atom. The van der Waals surface area contributed by atoms with Gasteiger partial charge < -0.3 is 24.5 Å². The molecule has 4 atom stereocenters. The molecule has 0 bridgehead atoms. The second-order valence-corrected chi connectivity index (χ2v) is 11.3. The maximum absolute atomic E-state index is 9.57. The molecule has 0 aromatic carbocycles. The summed E-state index contributed by atoms with van der Waals surface area (Å²) in [5.41, 5.74) is 0. The first kappa shape index (κ1) is 16.1. The second-order valence-electron chi connectivity index (χ2n) is 6.51. The van der Waals surface area contributed by atoms with Crippen LogP contribution in [0.1, 0.15) is 27.2 Å². The monoisotopic (exact) mass is 278 g/mol. The Bertz CT molecular complexity index is 264. The van der Waals surface area contributed by atoms with Crippen LogP contribution in [0.4, 0.5) is 0 Å². The van der Waals surface area contributed by atoms with Crippen molar-refractivity contribution in [2.24, 2.45) is 0 Å². The van der Waals surface area contributed by atoms with Gasteiger partial charge in [0.15, 0.2) is 14.6 Å². The predicted molar refractivity (Wildman–Crippen MR) is 70.7 cm³/mol. The molecule has 108 valence electrons. The number of aliphatic hydroxyl groups excluding tert-OH is 3. The van der Waals surface area contributed by atoms with Gasteiger partial charge in [-0.1, -0.05) is 20.8 Å². The van der Waals surface area contributed by atoms with E-state index in [0.717, 1.165) is 0 Å². The molecule has 0 radical (unpaired) electrons. The summed E-state index contributed by atoms with van der Waals surface area (Å²) in [6, 6.07) is 0. The van der Waals surface area contributed by atoms with Crippen molar-refractivity contribution in [1.29, 1.82) is 0 Å². The molecule has 1 aliphatic heterocycles. The average molecular weight is 278 g/mol. The van der Waals surface area contributed by atoms with E-state index in [4.69, 9.17) is 9.16 Å². The van der Waals surface area contributed by atoms with Gasteiger partial charge in [0.05, 0.1) is 18.8 Å². The van der Waals surface area contributed by atoms with Crippen LogP contribution in [-0.4, -0.2) is 54.8 Å². The zero-order valence-electron chi connectivity index (χ0n) is 11.9. The molecular weight excluding hydrogens is 252 g/mol. The summed E-state index contributed by atoms with van der Waals surface area (Å²) in [4.78, 5) is 0. The van der Waals surface area contributed by atoms with Crippen molar-refractivity contribution < 1.29 is 24.5 Å². The van der Waals surface area contributed by atoms with E-state index < -0.39 is 26.8 Å². The van der Waals surface area contributed by atoms with Gasteiger partial charge in [-0.05, 0) is 18.1 Å². The summed E-state index contributed by atoms with van der Waals surface area (Å²) in [7, 11) is -1.86. The minimum atomic E-state index is -1.86. The summed E-state index contributed by atoms with van der Waals surface area (Å²) in [6.45, 7) is 11.1. The van der Waals surface area contributed by atoms with E-state index in [1.807, 2.05) is 0 Å². The molecule has 0 spiro atoms. The maximum Gasteiger partial charge on any atom is 0.192 e. The van der Waals surface area contributed by atoms with Crippen molar-refractivity contribution in [1.82, 2.24) is 0 Å². The molecule has 0 unspecified atom stereocenters. The van der Waals surface area contributed by atoms with E-state index in [1.165, 1.54) is 0 Å². The molecule has 1 saturated heterocycles. The van der Waals surface area contributed by atoms with Gasteiger partial charge in [-0.15, -0.1) is 0 Å². The van der Waals surface area contributed by atoms with Gasteiger partial charge in [0, 0.05) is 6.42 Å². The van der Waals surface area contributed by atoms with E-state index >= 15 is 0 Å². The molecule has 6 heteroatoms. The zero-order chi connectivity index (χ0) is 14.1. The fourth-order valence-electron chi connectivity index (χ4n) is 1.56. The largest absolute Gasteiger partial charge is 0.414 e. The van der Waals surface area contributed by atoms with Crippen LogP contribution in [0.25, 0.3) is 0 Å². The molecule has 3 N–H and O–H groups in total. The standard InChI is InChI=1S/C12H26O5Si/c1-12(2,3)18(4,5)16-7-8-6-9(13)10(14)11(15)17-8/h8-11,13-15H,6-7H2,1-5H3/t8-,9+,10+,11+/m0/s1. The fraction of sp³-hybridized carbons (Fsp3) is 1.00. The quantitative estimate of drug-likeness (QED) is 0.667. The van der Waals surface area contributed by atoms with Crippen LogP contribution >= 0.6 is 0 Å². The highest BCUT2D eigenvalue weighted by Crippen LogP contribution is 2.37. The van der Waals surface area contributed by atoms with Crippen LogP contribution in [0.2, 0.25) is 18.1 Å².